The third kappa shape index (κ3) is 3.36. The van der Waals surface area contributed by atoms with E-state index in [9.17, 15) is 9.90 Å². The minimum atomic E-state index is -1.04. The number of carboxylic acid groups (broad SMARTS) is 1. The predicted octanol–water partition coefficient (Wildman–Crippen LogP) is 2.02. The fourth-order valence-corrected chi connectivity index (χ4v) is 2.65. The van der Waals surface area contributed by atoms with Crippen LogP contribution in [0, 0.1) is 6.92 Å². The number of aryl methyl sites for hydroxylation is 1. The molecule has 0 spiro atoms. The summed E-state index contributed by atoms with van der Waals surface area (Å²) in [4.78, 5) is 13.1. The number of furan rings is 1. The molecule has 0 aromatic carbocycles. The highest BCUT2D eigenvalue weighted by molar-refractivity contribution is 5.84. The zero-order chi connectivity index (χ0) is 13.8. The van der Waals surface area contributed by atoms with E-state index >= 15 is 0 Å². The van der Waals surface area contributed by atoms with E-state index in [2.05, 4.69) is 4.90 Å². The standard InChI is InChI=1S/C14H21NO4/c1-10-11(7-13(19-10)14(17)18)8-15-6-4-2-3-5-12(15)9-16/h7,12,16H,2-6,8-9H2,1H3,(H,17,18). The molecule has 0 radical (unpaired) electrons. The summed E-state index contributed by atoms with van der Waals surface area (Å²) in [5, 5.41) is 18.4. The van der Waals surface area contributed by atoms with Crippen molar-refractivity contribution in [2.75, 3.05) is 13.2 Å². The maximum Gasteiger partial charge on any atom is 0.371 e. The highest BCUT2D eigenvalue weighted by atomic mass is 16.4. The van der Waals surface area contributed by atoms with Crippen molar-refractivity contribution in [2.24, 2.45) is 0 Å². The Balaban J connectivity index is 2.11. The van der Waals surface area contributed by atoms with Crippen LogP contribution in [0.4, 0.5) is 0 Å². The Labute approximate surface area is 112 Å². The number of nitrogens with zero attached hydrogens (tertiary/aromatic N) is 1. The van der Waals surface area contributed by atoms with Crippen LogP contribution < -0.4 is 0 Å². The van der Waals surface area contributed by atoms with E-state index in [0.29, 0.717) is 12.3 Å². The molecule has 2 rings (SSSR count). The van der Waals surface area contributed by atoms with Gasteiger partial charge >= 0.3 is 5.97 Å². The lowest BCUT2D eigenvalue weighted by Gasteiger charge is -2.28. The van der Waals surface area contributed by atoms with E-state index in [4.69, 9.17) is 9.52 Å². The van der Waals surface area contributed by atoms with Gasteiger partial charge in [-0.05, 0) is 32.4 Å². The molecule has 0 bridgehead atoms. The van der Waals surface area contributed by atoms with Gasteiger partial charge in [0, 0.05) is 18.2 Å². The third-order valence-corrected chi connectivity index (χ3v) is 3.81. The first-order valence-corrected chi connectivity index (χ1v) is 6.79. The summed E-state index contributed by atoms with van der Waals surface area (Å²) in [5.41, 5.74) is 0.901. The topological polar surface area (TPSA) is 73.9 Å². The molecule has 1 aliphatic heterocycles. The van der Waals surface area contributed by atoms with Crippen LogP contribution in [0.3, 0.4) is 0 Å². The average Bonchev–Trinajstić information content (AvgIpc) is 2.61. The van der Waals surface area contributed by atoms with Gasteiger partial charge in [0.05, 0.1) is 6.61 Å². The first kappa shape index (κ1) is 14.1. The fraction of sp³-hybridized carbons (Fsp3) is 0.643. The lowest BCUT2D eigenvalue weighted by molar-refractivity contribution is 0.0661. The van der Waals surface area contributed by atoms with Crippen molar-refractivity contribution in [3.63, 3.8) is 0 Å². The largest absolute Gasteiger partial charge is 0.475 e. The Morgan fingerprint density at radius 3 is 2.89 bits per heavy atom. The van der Waals surface area contributed by atoms with Crippen LogP contribution in [0.5, 0.6) is 0 Å². The van der Waals surface area contributed by atoms with Gasteiger partial charge in [-0.3, -0.25) is 4.90 Å². The van der Waals surface area contributed by atoms with Gasteiger partial charge < -0.3 is 14.6 Å². The van der Waals surface area contributed by atoms with E-state index < -0.39 is 5.97 Å². The smallest absolute Gasteiger partial charge is 0.371 e. The zero-order valence-electron chi connectivity index (χ0n) is 11.3. The second-order valence-corrected chi connectivity index (χ2v) is 5.15. The number of carboxylic acids is 1. The molecule has 1 aromatic heterocycles. The van der Waals surface area contributed by atoms with Crippen molar-refractivity contribution in [2.45, 2.75) is 45.2 Å². The molecule has 5 heteroatoms. The third-order valence-electron chi connectivity index (χ3n) is 3.81. The van der Waals surface area contributed by atoms with Crippen LogP contribution in [0.1, 0.15) is 47.6 Å². The summed E-state index contributed by atoms with van der Waals surface area (Å²) in [5.74, 6) is -0.398. The highest BCUT2D eigenvalue weighted by Gasteiger charge is 2.22. The highest BCUT2D eigenvalue weighted by Crippen LogP contribution is 2.22. The molecular weight excluding hydrogens is 246 g/mol. The maximum absolute atomic E-state index is 10.9. The first-order chi connectivity index (χ1) is 9.11. The summed E-state index contributed by atoms with van der Waals surface area (Å²) >= 11 is 0. The normalized spacial score (nSPS) is 21.3. The Morgan fingerprint density at radius 1 is 1.47 bits per heavy atom. The van der Waals surface area contributed by atoms with Crippen molar-refractivity contribution < 1.29 is 19.4 Å². The summed E-state index contributed by atoms with van der Waals surface area (Å²) in [6.07, 6.45) is 4.46. The molecule has 5 nitrogen and oxygen atoms in total. The number of aliphatic hydroxyl groups excluding tert-OH is 1. The number of hydrogen-bond donors (Lipinski definition) is 2. The van der Waals surface area contributed by atoms with Crippen LogP contribution >= 0.6 is 0 Å². The minimum absolute atomic E-state index is 0.0112. The molecule has 1 fully saturated rings. The number of rotatable bonds is 4. The molecule has 2 N–H and O–H groups in total. The first-order valence-electron chi connectivity index (χ1n) is 6.79. The second kappa shape index (κ2) is 6.21. The van der Waals surface area contributed by atoms with Crippen molar-refractivity contribution in [1.82, 2.24) is 4.90 Å². The van der Waals surface area contributed by atoms with Gasteiger partial charge in [-0.1, -0.05) is 12.8 Å². The zero-order valence-corrected chi connectivity index (χ0v) is 11.3. The molecule has 2 heterocycles. The van der Waals surface area contributed by atoms with E-state index in [1.807, 2.05) is 0 Å². The Kier molecular flexibility index (Phi) is 4.61. The molecular formula is C14H21NO4. The molecule has 19 heavy (non-hydrogen) atoms. The number of likely N-dealkylation sites (tertiary alicyclic amines) is 1. The summed E-state index contributed by atoms with van der Waals surface area (Å²) in [6.45, 7) is 3.53. The van der Waals surface area contributed by atoms with Gasteiger partial charge in [0.25, 0.3) is 0 Å². The van der Waals surface area contributed by atoms with Crippen molar-refractivity contribution in [3.05, 3.63) is 23.2 Å². The molecule has 0 amide bonds. The lowest BCUT2D eigenvalue weighted by Crippen LogP contribution is -2.36. The van der Waals surface area contributed by atoms with Gasteiger partial charge in [0.15, 0.2) is 0 Å². The number of hydrogen-bond acceptors (Lipinski definition) is 4. The van der Waals surface area contributed by atoms with Gasteiger partial charge in [-0.15, -0.1) is 0 Å². The Bertz CT molecular complexity index is 441. The molecule has 1 atom stereocenters. The van der Waals surface area contributed by atoms with Crippen LogP contribution in [0.15, 0.2) is 10.5 Å². The SMILES string of the molecule is Cc1oc(C(=O)O)cc1CN1CCCCCC1CO. The molecule has 1 unspecified atom stereocenters. The van der Waals surface area contributed by atoms with E-state index in [1.54, 1.807) is 13.0 Å². The Morgan fingerprint density at radius 2 is 2.26 bits per heavy atom. The van der Waals surface area contributed by atoms with Gasteiger partial charge in [0.1, 0.15) is 5.76 Å². The van der Waals surface area contributed by atoms with Crippen molar-refractivity contribution in [3.8, 4) is 0 Å². The summed E-state index contributed by atoms with van der Waals surface area (Å²) < 4.78 is 5.23. The lowest BCUT2D eigenvalue weighted by atomic mass is 10.1. The van der Waals surface area contributed by atoms with Crippen LogP contribution in [0.25, 0.3) is 0 Å². The number of carbonyl (C=O) groups is 1. The summed E-state index contributed by atoms with van der Waals surface area (Å²) in [7, 11) is 0. The summed E-state index contributed by atoms with van der Waals surface area (Å²) in [6, 6.07) is 1.77. The van der Waals surface area contributed by atoms with E-state index in [0.717, 1.165) is 31.4 Å². The fourth-order valence-electron chi connectivity index (χ4n) is 2.65. The molecule has 0 aliphatic carbocycles. The molecule has 1 aliphatic rings. The van der Waals surface area contributed by atoms with Crippen molar-refractivity contribution >= 4 is 5.97 Å². The van der Waals surface area contributed by atoms with E-state index in [1.165, 1.54) is 6.42 Å². The quantitative estimate of drug-likeness (QED) is 0.873. The molecule has 0 saturated carbocycles. The van der Waals surface area contributed by atoms with Gasteiger partial charge in [0.2, 0.25) is 5.76 Å². The monoisotopic (exact) mass is 267 g/mol. The number of aliphatic hydroxyl groups is 1. The number of aromatic carboxylic acids is 1. The molecule has 1 saturated heterocycles. The Hall–Kier alpha value is -1.33. The average molecular weight is 267 g/mol. The minimum Gasteiger partial charge on any atom is -0.475 e. The van der Waals surface area contributed by atoms with Crippen LogP contribution in [-0.4, -0.2) is 40.3 Å². The van der Waals surface area contributed by atoms with Crippen molar-refractivity contribution in [1.29, 1.82) is 0 Å². The van der Waals surface area contributed by atoms with Gasteiger partial charge in [-0.2, -0.15) is 0 Å². The van der Waals surface area contributed by atoms with Crippen LogP contribution in [0.2, 0.25) is 0 Å². The maximum atomic E-state index is 10.9. The molecule has 106 valence electrons. The molecule has 1 aromatic rings. The van der Waals surface area contributed by atoms with Crippen LogP contribution in [-0.2, 0) is 6.54 Å². The van der Waals surface area contributed by atoms with E-state index in [-0.39, 0.29) is 18.4 Å². The second-order valence-electron chi connectivity index (χ2n) is 5.15. The predicted molar refractivity (Wildman–Crippen MR) is 70.2 cm³/mol. The van der Waals surface area contributed by atoms with Gasteiger partial charge in [-0.25, -0.2) is 4.79 Å².